The fraction of sp³-hybridized carbons (Fsp3) is 0.435. The van der Waals surface area contributed by atoms with Crippen molar-refractivity contribution in [2.75, 3.05) is 25.4 Å². The molecule has 0 saturated carbocycles. The molecule has 172 valence electrons. The highest BCUT2D eigenvalue weighted by molar-refractivity contribution is 6.02. The minimum atomic E-state index is -1.01. The van der Waals surface area contributed by atoms with E-state index in [9.17, 15) is 9.18 Å². The van der Waals surface area contributed by atoms with E-state index < -0.39 is 29.5 Å². The Hall–Kier alpha value is -3.07. The highest BCUT2D eigenvalue weighted by Crippen LogP contribution is 2.42. The summed E-state index contributed by atoms with van der Waals surface area (Å²) in [6.45, 7) is 7.34. The average Bonchev–Trinajstić information content (AvgIpc) is 3.10. The molecule has 1 aromatic carbocycles. The lowest BCUT2D eigenvalue weighted by molar-refractivity contribution is 0.102. The third kappa shape index (κ3) is 4.88. The third-order valence-corrected chi connectivity index (χ3v) is 5.47. The highest BCUT2D eigenvalue weighted by atomic mass is 19.1. The summed E-state index contributed by atoms with van der Waals surface area (Å²) in [5.41, 5.74) is 5.62. The number of aromatic nitrogens is 1. The van der Waals surface area contributed by atoms with Crippen LogP contribution in [0.25, 0.3) is 0 Å². The third-order valence-electron chi connectivity index (χ3n) is 5.47. The molecule has 3 rings (SSSR count). The second kappa shape index (κ2) is 9.20. The highest BCUT2D eigenvalue weighted by Gasteiger charge is 2.45. The SMILES string of the molecule is CC1COCC1(N=C(N)C(C)(C)C)c1cc(NC(=O)c2ccc(OCF)cn2)ccc1F. The molecule has 1 aliphatic rings. The molecule has 1 amide bonds. The van der Waals surface area contributed by atoms with Crippen LogP contribution in [0.5, 0.6) is 5.75 Å². The number of ether oxygens (including phenoxy) is 2. The van der Waals surface area contributed by atoms with Gasteiger partial charge in [-0.25, -0.2) is 13.8 Å². The molecular formula is C23H28F2N4O3. The number of pyridine rings is 1. The van der Waals surface area contributed by atoms with Crippen LogP contribution in [0.1, 0.15) is 43.7 Å². The molecule has 1 aliphatic heterocycles. The first-order chi connectivity index (χ1) is 15.1. The maximum atomic E-state index is 15.0. The molecule has 0 radical (unpaired) electrons. The monoisotopic (exact) mass is 446 g/mol. The van der Waals surface area contributed by atoms with Crippen LogP contribution in [0.15, 0.2) is 41.5 Å². The number of rotatable bonds is 6. The molecule has 9 heteroatoms. The number of nitrogens with two attached hydrogens (primary N) is 1. The molecule has 1 fully saturated rings. The van der Waals surface area contributed by atoms with E-state index in [2.05, 4.69) is 15.0 Å². The summed E-state index contributed by atoms with van der Waals surface area (Å²) >= 11 is 0. The second-order valence-corrected chi connectivity index (χ2v) is 8.87. The summed E-state index contributed by atoms with van der Waals surface area (Å²) in [5, 5.41) is 2.71. The predicted octanol–water partition coefficient (Wildman–Crippen LogP) is 4.04. The van der Waals surface area contributed by atoms with Gasteiger partial charge in [0.15, 0.2) is 0 Å². The molecule has 2 atom stereocenters. The fourth-order valence-corrected chi connectivity index (χ4v) is 3.39. The quantitative estimate of drug-likeness (QED) is 0.515. The molecule has 2 aromatic rings. The van der Waals surface area contributed by atoms with Crippen LogP contribution >= 0.6 is 0 Å². The molecule has 1 aromatic heterocycles. The Morgan fingerprint density at radius 3 is 2.69 bits per heavy atom. The maximum absolute atomic E-state index is 15.0. The van der Waals surface area contributed by atoms with Crippen molar-refractivity contribution in [2.24, 2.45) is 22.1 Å². The van der Waals surface area contributed by atoms with E-state index in [1.807, 2.05) is 27.7 Å². The van der Waals surface area contributed by atoms with Crippen molar-refractivity contribution in [3.05, 3.63) is 53.6 Å². The number of aliphatic imine (C=N–C) groups is 1. The summed E-state index contributed by atoms with van der Waals surface area (Å²) in [4.78, 5) is 21.3. The van der Waals surface area contributed by atoms with Crippen molar-refractivity contribution in [1.82, 2.24) is 4.98 Å². The lowest BCUT2D eigenvalue weighted by Gasteiger charge is -2.32. The molecule has 3 N–H and O–H groups in total. The van der Waals surface area contributed by atoms with Gasteiger partial charge in [0.2, 0.25) is 6.86 Å². The Bertz CT molecular complexity index is 1010. The number of alkyl halides is 1. The number of amides is 1. The largest absolute Gasteiger partial charge is 0.461 e. The van der Waals surface area contributed by atoms with E-state index in [4.69, 9.17) is 15.5 Å². The summed E-state index contributed by atoms with van der Waals surface area (Å²) < 4.78 is 37.6. The summed E-state index contributed by atoms with van der Waals surface area (Å²) in [5.74, 6) is -0.495. The van der Waals surface area contributed by atoms with Crippen LogP contribution in [-0.2, 0) is 10.3 Å². The number of halogens is 2. The fourth-order valence-electron chi connectivity index (χ4n) is 3.39. The Morgan fingerprint density at radius 1 is 1.38 bits per heavy atom. The number of amidine groups is 1. The lowest BCUT2D eigenvalue weighted by Crippen LogP contribution is -2.38. The molecule has 0 aliphatic carbocycles. The average molecular weight is 446 g/mol. The van der Waals surface area contributed by atoms with Crippen molar-refractivity contribution in [3.8, 4) is 5.75 Å². The number of benzene rings is 1. The lowest BCUT2D eigenvalue weighted by atomic mass is 9.80. The summed E-state index contributed by atoms with van der Waals surface area (Å²) in [7, 11) is 0. The normalized spacial score (nSPS) is 21.4. The molecular weight excluding hydrogens is 418 g/mol. The van der Waals surface area contributed by atoms with Crippen LogP contribution in [0.2, 0.25) is 0 Å². The van der Waals surface area contributed by atoms with Crippen LogP contribution < -0.4 is 15.8 Å². The van der Waals surface area contributed by atoms with Crippen molar-refractivity contribution in [3.63, 3.8) is 0 Å². The van der Waals surface area contributed by atoms with Gasteiger partial charge in [0.1, 0.15) is 28.6 Å². The number of hydrogen-bond acceptors (Lipinski definition) is 5. The number of carbonyl (C=O) groups is 1. The van der Waals surface area contributed by atoms with Gasteiger partial charge in [-0.15, -0.1) is 0 Å². The Labute approximate surface area is 186 Å². The summed E-state index contributed by atoms with van der Waals surface area (Å²) in [6, 6.07) is 7.15. The maximum Gasteiger partial charge on any atom is 0.274 e. The minimum Gasteiger partial charge on any atom is -0.461 e. The van der Waals surface area contributed by atoms with E-state index >= 15 is 4.39 Å². The first-order valence-corrected chi connectivity index (χ1v) is 10.3. The van der Waals surface area contributed by atoms with Gasteiger partial charge in [-0.05, 0) is 30.3 Å². The van der Waals surface area contributed by atoms with Gasteiger partial charge in [-0.3, -0.25) is 9.79 Å². The molecule has 1 saturated heterocycles. The Morgan fingerprint density at radius 2 is 2.12 bits per heavy atom. The number of nitrogens with one attached hydrogen (secondary N) is 1. The zero-order chi connectivity index (χ0) is 23.5. The Kier molecular flexibility index (Phi) is 6.78. The molecule has 2 heterocycles. The van der Waals surface area contributed by atoms with E-state index in [-0.39, 0.29) is 24.0 Å². The number of carbonyl (C=O) groups excluding carboxylic acids is 1. The van der Waals surface area contributed by atoms with Gasteiger partial charge in [-0.1, -0.05) is 27.7 Å². The van der Waals surface area contributed by atoms with E-state index in [0.717, 1.165) is 0 Å². The van der Waals surface area contributed by atoms with Crippen LogP contribution in [0.4, 0.5) is 14.5 Å². The smallest absolute Gasteiger partial charge is 0.274 e. The van der Waals surface area contributed by atoms with Gasteiger partial charge >= 0.3 is 0 Å². The van der Waals surface area contributed by atoms with Gasteiger partial charge in [-0.2, -0.15) is 0 Å². The predicted molar refractivity (Wildman–Crippen MR) is 118 cm³/mol. The zero-order valence-electron chi connectivity index (χ0n) is 18.6. The van der Waals surface area contributed by atoms with E-state index in [0.29, 0.717) is 23.7 Å². The molecule has 0 spiro atoms. The van der Waals surface area contributed by atoms with Crippen LogP contribution in [0, 0.1) is 17.2 Å². The van der Waals surface area contributed by atoms with Gasteiger partial charge in [0, 0.05) is 22.6 Å². The minimum absolute atomic E-state index is 0.101. The van der Waals surface area contributed by atoms with E-state index in [1.54, 1.807) is 6.07 Å². The number of hydrogen-bond donors (Lipinski definition) is 2. The van der Waals surface area contributed by atoms with E-state index in [1.165, 1.54) is 30.5 Å². The topological polar surface area (TPSA) is 98.8 Å². The molecule has 0 bridgehead atoms. The first kappa shape index (κ1) is 23.6. The second-order valence-electron chi connectivity index (χ2n) is 8.87. The summed E-state index contributed by atoms with van der Waals surface area (Å²) in [6.07, 6.45) is 1.25. The van der Waals surface area contributed by atoms with Crippen molar-refractivity contribution in [2.45, 2.75) is 33.2 Å². The standard InChI is InChI=1S/C23H28F2N4O3/c1-14-11-31-12-23(14,29-21(26)22(2,3)4)17-9-15(5-7-18(17)25)28-20(30)19-8-6-16(10-27-19)32-13-24/h5-10,14H,11-13H2,1-4H3,(H2,26,29)(H,28,30). The molecule has 2 unspecified atom stereocenters. The van der Waals surface area contributed by atoms with Crippen LogP contribution in [0.3, 0.4) is 0 Å². The van der Waals surface area contributed by atoms with Gasteiger partial charge in [0.25, 0.3) is 5.91 Å². The number of anilines is 1. The Balaban J connectivity index is 1.94. The first-order valence-electron chi connectivity index (χ1n) is 10.3. The molecule has 32 heavy (non-hydrogen) atoms. The number of nitrogens with zero attached hydrogens (tertiary/aromatic N) is 2. The van der Waals surface area contributed by atoms with Crippen molar-refractivity contribution >= 4 is 17.4 Å². The van der Waals surface area contributed by atoms with Crippen molar-refractivity contribution in [1.29, 1.82) is 0 Å². The van der Waals surface area contributed by atoms with Gasteiger partial charge < -0.3 is 20.5 Å². The van der Waals surface area contributed by atoms with Crippen LogP contribution in [-0.4, -0.2) is 36.8 Å². The molecule has 7 nitrogen and oxygen atoms in total. The van der Waals surface area contributed by atoms with Gasteiger partial charge in [0.05, 0.1) is 19.4 Å². The van der Waals surface area contributed by atoms with Crippen molar-refractivity contribution < 1.29 is 23.0 Å². The zero-order valence-corrected chi connectivity index (χ0v) is 18.6.